The van der Waals surface area contributed by atoms with Crippen LogP contribution in [0.15, 0.2) is 18.2 Å². The number of rotatable bonds is 0. The second-order valence-corrected chi connectivity index (χ2v) is 2.43. The largest absolute Gasteiger partial charge is 0.467 e. The predicted molar refractivity (Wildman–Crippen MR) is 41.1 cm³/mol. The number of hydrogen-bond acceptors (Lipinski definition) is 3. The predicted octanol–water partition coefficient (Wildman–Crippen LogP) is 1.14. The Kier molecular flexibility index (Phi) is 1.43. The van der Waals surface area contributed by atoms with Gasteiger partial charge >= 0.3 is 0 Å². The number of anilines is 1. The number of benzene rings is 1. The molecule has 0 aliphatic carbocycles. The molecule has 1 heterocycles. The summed E-state index contributed by atoms with van der Waals surface area (Å²) < 4.78 is 10.3. The quantitative estimate of drug-likeness (QED) is 0.565. The van der Waals surface area contributed by atoms with Crippen LogP contribution in [-0.4, -0.2) is 6.79 Å². The molecule has 0 unspecified atom stereocenters. The van der Waals surface area contributed by atoms with Gasteiger partial charge in [0.1, 0.15) is 5.75 Å². The first kappa shape index (κ1) is 6.49. The fourth-order valence-electron chi connectivity index (χ4n) is 1.12. The minimum atomic E-state index is 0.330. The first-order valence-electron chi connectivity index (χ1n) is 3.46. The fraction of sp³-hybridized carbons (Fsp3) is 0.250. The summed E-state index contributed by atoms with van der Waals surface area (Å²) in [7, 11) is 0. The maximum absolute atomic E-state index is 5.68. The van der Waals surface area contributed by atoms with Crippen molar-refractivity contribution in [3.05, 3.63) is 23.8 Å². The van der Waals surface area contributed by atoms with Crippen LogP contribution in [0.25, 0.3) is 0 Å². The molecule has 0 amide bonds. The molecule has 3 heteroatoms. The van der Waals surface area contributed by atoms with E-state index in [4.69, 9.17) is 15.2 Å². The van der Waals surface area contributed by atoms with Gasteiger partial charge in [-0.2, -0.15) is 0 Å². The van der Waals surface area contributed by atoms with E-state index in [-0.39, 0.29) is 0 Å². The number of nitrogens with two attached hydrogens (primary N) is 1. The summed E-state index contributed by atoms with van der Waals surface area (Å²) in [6.45, 7) is 0.887. The van der Waals surface area contributed by atoms with E-state index in [9.17, 15) is 0 Å². The molecule has 58 valence electrons. The van der Waals surface area contributed by atoms with Gasteiger partial charge in [0.15, 0.2) is 6.79 Å². The first-order chi connectivity index (χ1) is 5.38. The van der Waals surface area contributed by atoms with Crippen LogP contribution in [0.1, 0.15) is 5.56 Å². The van der Waals surface area contributed by atoms with Crippen LogP contribution in [0.5, 0.6) is 5.75 Å². The number of nitrogen functional groups attached to an aromatic ring is 1. The molecule has 1 aliphatic heterocycles. The van der Waals surface area contributed by atoms with Gasteiger partial charge < -0.3 is 15.2 Å². The molecule has 11 heavy (non-hydrogen) atoms. The first-order valence-corrected chi connectivity index (χ1v) is 3.46. The maximum atomic E-state index is 5.68. The lowest BCUT2D eigenvalue weighted by atomic mass is 10.1. The van der Waals surface area contributed by atoms with Crippen molar-refractivity contribution in [2.45, 2.75) is 6.61 Å². The molecule has 0 radical (unpaired) electrons. The highest BCUT2D eigenvalue weighted by Crippen LogP contribution is 2.27. The molecular formula is C8H9NO2. The summed E-state index contributed by atoms with van der Waals surface area (Å²) >= 11 is 0. The van der Waals surface area contributed by atoms with E-state index in [1.54, 1.807) is 0 Å². The molecule has 0 saturated heterocycles. The highest BCUT2D eigenvalue weighted by molar-refractivity contribution is 5.54. The molecule has 3 nitrogen and oxygen atoms in total. The van der Waals surface area contributed by atoms with E-state index in [2.05, 4.69) is 0 Å². The van der Waals surface area contributed by atoms with Gasteiger partial charge in [-0.15, -0.1) is 0 Å². The number of hydrogen-bond donors (Lipinski definition) is 1. The van der Waals surface area contributed by atoms with Crippen molar-refractivity contribution < 1.29 is 9.47 Å². The Morgan fingerprint density at radius 3 is 3.09 bits per heavy atom. The molecule has 2 rings (SSSR count). The molecule has 0 atom stereocenters. The van der Waals surface area contributed by atoms with Crippen LogP contribution in [0, 0.1) is 0 Å². The topological polar surface area (TPSA) is 44.5 Å². The molecule has 0 saturated carbocycles. The van der Waals surface area contributed by atoms with Gasteiger partial charge in [0, 0.05) is 11.3 Å². The molecule has 0 spiro atoms. The van der Waals surface area contributed by atoms with E-state index in [0.717, 1.165) is 17.0 Å². The Hall–Kier alpha value is -1.22. The minimum Gasteiger partial charge on any atom is -0.467 e. The lowest BCUT2D eigenvalue weighted by Crippen LogP contribution is -2.12. The SMILES string of the molecule is Nc1cccc2c1COCO2. The third-order valence-corrected chi connectivity index (χ3v) is 1.71. The second kappa shape index (κ2) is 2.43. The second-order valence-electron chi connectivity index (χ2n) is 2.43. The summed E-state index contributed by atoms with van der Waals surface area (Å²) in [5.41, 5.74) is 7.38. The Morgan fingerprint density at radius 1 is 1.36 bits per heavy atom. The Bertz CT molecular complexity index is 273. The van der Waals surface area contributed by atoms with Crippen molar-refractivity contribution in [3.8, 4) is 5.75 Å². The van der Waals surface area contributed by atoms with Gasteiger partial charge in [-0.1, -0.05) is 6.07 Å². The van der Waals surface area contributed by atoms with Crippen molar-refractivity contribution in [2.24, 2.45) is 0 Å². The molecule has 2 N–H and O–H groups in total. The molecule has 0 fully saturated rings. The number of ether oxygens (including phenoxy) is 2. The van der Waals surface area contributed by atoms with Gasteiger partial charge in [0.2, 0.25) is 0 Å². The summed E-state index contributed by atoms with van der Waals surface area (Å²) in [4.78, 5) is 0. The van der Waals surface area contributed by atoms with Crippen molar-refractivity contribution in [1.82, 2.24) is 0 Å². The molecule has 1 aliphatic rings. The van der Waals surface area contributed by atoms with E-state index in [1.807, 2.05) is 18.2 Å². The molecule has 0 bridgehead atoms. The molecular weight excluding hydrogens is 142 g/mol. The number of fused-ring (bicyclic) bond motifs is 1. The third kappa shape index (κ3) is 1.03. The van der Waals surface area contributed by atoms with Crippen LogP contribution in [0.4, 0.5) is 5.69 Å². The molecule has 0 aromatic heterocycles. The van der Waals surface area contributed by atoms with Gasteiger partial charge in [0.05, 0.1) is 6.61 Å². The van der Waals surface area contributed by atoms with Crippen LogP contribution >= 0.6 is 0 Å². The van der Waals surface area contributed by atoms with Crippen molar-refractivity contribution in [3.63, 3.8) is 0 Å². The van der Waals surface area contributed by atoms with E-state index in [0.29, 0.717) is 13.4 Å². The third-order valence-electron chi connectivity index (χ3n) is 1.71. The lowest BCUT2D eigenvalue weighted by Gasteiger charge is -2.18. The summed E-state index contributed by atoms with van der Waals surface area (Å²) in [5.74, 6) is 0.844. The lowest BCUT2D eigenvalue weighted by molar-refractivity contribution is -0.0159. The summed E-state index contributed by atoms with van der Waals surface area (Å²) in [5, 5.41) is 0. The normalized spacial score (nSPS) is 15.3. The van der Waals surface area contributed by atoms with E-state index in [1.165, 1.54) is 0 Å². The fourth-order valence-corrected chi connectivity index (χ4v) is 1.12. The van der Waals surface area contributed by atoms with E-state index < -0.39 is 0 Å². The molecule has 1 aromatic carbocycles. The van der Waals surface area contributed by atoms with Gasteiger partial charge in [-0.3, -0.25) is 0 Å². The van der Waals surface area contributed by atoms with Crippen molar-refractivity contribution in [2.75, 3.05) is 12.5 Å². The Morgan fingerprint density at radius 2 is 2.27 bits per heavy atom. The zero-order valence-electron chi connectivity index (χ0n) is 6.04. The smallest absolute Gasteiger partial charge is 0.189 e. The summed E-state index contributed by atoms with van der Waals surface area (Å²) in [6.07, 6.45) is 0. The van der Waals surface area contributed by atoms with Crippen LogP contribution in [0.2, 0.25) is 0 Å². The van der Waals surface area contributed by atoms with Gasteiger partial charge in [-0.25, -0.2) is 0 Å². The average Bonchev–Trinajstić information content (AvgIpc) is 2.06. The Balaban J connectivity index is 2.49. The van der Waals surface area contributed by atoms with Crippen molar-refractivity contribution >= 4 is 5.69 Å². The van der Waals surface area contributed by atoms with Gasteiger partial charge in [0.25, 0.3) is 0 Å². The average molecular weight is 151 g/mol. The Labute approximate surface area is 64.7 Å². The van der Waals surface area contributed by atoms with Crippen LogP contribution < -0.4 is 10.5 Å². The van der Waals surface area contributed by atoms with Gasteiger partial charge in [-0.05, 0) is 12.1 Å². The highest BCUT2D eigenvalue weighted by atomic mass is 16.7. The van der Waals surface area contributed by atoms with Crippen LogP contribution in [-0.2, 0) is 11.3 Å². The standard InChI is InChI=1S/C8H9NO2/c9-7-2-1-3-8-6(7)4-10-5-11-8/h1-3H,4-5,9H2. The molecule has 1 aromatic rings. The minimum absolute atomic E-state index is 0.330. The zero-order valence-corrected chi connectivity index (χ0v) is 6.04. The van der Waals surface area contributed by atoms with Crippen LogP contribution in [0.3, 0.4) is 0 Å². The van der Waals surface area contributed by atoms with Crippen molar-refractivity contribution in [1.29, 1.82) is 0 Å². The summed E-state index contributed by atoms with van der Waals surface area (Å²) in [6, 6.07) is 5.62. The highest BCUT2D eigenvalue weighted by Gasteiger charge is 2.11. The zero-order chi connectivity index (χ0) is 7.68. The monoisotopic (exact) mass is 151 g/mol. The van der Waals surface area contributed by atoms with E-state index >= 15 is 0 Å². The maximum Gasteiger partial charge on any atom is 0.189 e.